The number of anilines is 1. The van der Waals surface area contributed by atoms with Crippen LogP contribution in [0.2, 0.25) is 0 Å². The Hall–Kier alpha value is -2.74. The molecule has 2 aliphatic carbocycles. The van der Waals surface area contributed by atoms with Gasteiger partial charge in [0.2, 0.25) is 6.10 Å². The fourth-order valence-electron chi connectivity index (χ4n) is 4.84. The summed E-state index contributed by atoms with van der Waals surface area (Å²) in [6, 6.07) is 12.9. The summed E-state index contributed by atoms with van der Waals surface area (Å²) in [5.74, 6) is 0.786. The van der Waals surface area contributed by atoms with E-state index in [4.69, 9.17) is 4.74 Å². The van der Waals surface area contributed by atoms with Gasteiger partial charge in [-0.15, -0.1) is 0 Å². The van der Waals surface area contributed by atoms with E-state index in [0.29, 0.717) is 34.0 Å². The first-order valence-corrected chi connectivity index (χ1v) is 11.2. The maximum atomic E-state index is 13.0. The van der Waals surface area contributed by atoms with Crippen LogP contribution >= 0.6 is 15.9 Å². The van der Waals surface area contributed by atoms with Crippen molar-refractivity contribution in [1.82, 2.24) is 0 Å². The molecule has 2 fully saturated rings. The molecule has 2 saturated carbocycles. The molecule has 162 valence electrons. The number of nitro benzene ring substituents is 1. The highest BCUT2D eigenvalue weighted by Crippen LogP contribution is 2.49. The molecule has 0 heterocycles. The first kappa shape index (κ1) is 21.5. The molecule has 0 aliphatic heterocycles. The summed E-state index contributed by atoms with van der Waals surface area (Å²) in [7, 11) is 0. The van der Waals surface area contributed by atoms with Gasteiger partial charge in [0.25, 0.3) is 11.6 Å². The van der Waals surface area contributed by atoms with E-state index in [1.165, 1.54) is 37.5 Å². The zero-order valence-electron chi connectivity index (χ0n) is 16.8. The van der Waals surface area contributed by atoms with Crippen molar-refractivity contribution in [3.63, 3.8) is 0 Å². The van der Waals surface area contributed by atoms with Crippen molar-refractivity contribution in [2.24, 2.45) is 17.8 Å². The Kier molecular flexibility index (Phi) is 6.36. The molecule has 7 nitrogen and oxygen atoms in total. The fraction of sp³-hybridized carbons (Fsp3) is 0.391. The molecule has 0 radical (unpaired) electrons. The van der Waals surface area contributed by atoms with Gasteiger partial charge in [-0.3, -0.25) is 19.7 Å². The Morgan fingerprint density at radius 2 is 1.94 bits per heavy atom. The molecule has 2 aliphatic rings. The predicted octanol–water partition coefficient (Wildman–Crippen LogP) is 5.41. The second-order valence-electron chi connectivity index (χ2n) is 8.33. The lowest BCUT2D eigenvalue weighted by Gasteiger charge is -2.23. The number of fused-ring (bicyclic) bond motifs is 2. The van der Waals surface area contributed by atoms with Crippen molar-refractivity contribution in [2.45, 2.75) is 38.2 Å². The van der Waals surface area contributed by atoms with Crippen LogP contribution in [0, 0.1) is 27.9 Å². The number of benzene rings is 2. The molecule has 2 aromatic carbocycles. The molecule has 0 spiro atoms. The van der Waals surface area contributed by atoms with Crippen molar-refractivity contribution in [1.29, 1.82) is 0 Å². The van der Waals surface area contributed by atoms with Crippen LogP contribution in [0.1, 0.15) is 43.8 Å². The number of rotatable bonds is 7. The summed E-state index contributed by atoms with van der Waals surface area (Å²) < 4.78 is 6.04. The number of hydrogen-bond donors (Lipinski definition) is 1. The molecule has 8 heteroatoms. The summed E-state index contributed by atoms with van der Waals surface area (Å²) in [5.41, 5.74) is 0.835. The molecular weight excluding hydrogens is 464 g/mol. The van der Waals surface area contributed by atoms with Gasteiger partial charge in [0.15, 0.2) is 0 Å². The lowest BCUT2D eigenvalue weighted by Crippen LogP contribution is -2.27. The third kappa shape index (κ3) is 4.95. The van der Waals surface area contributed by atoms with Gasteiger partial charge in [0.1, 0.15) is 0 Å². The first-order chi connectivity index (χ1) is 14.9. The van der Waals surface area contributed by atoms with Gasteiger partial charge in [-0.1, -0.05) is 36.8 Å². The SMILES string of the molecule is O=C(CC1CC2CCC1C2)OC(C(=O)Nc1ccc([N+](=O)[O-])cc1Br)c1ccccc1. The minimum Gasteiger partial charge on any atom is -0.447 e. The maximum absolute atomic E-state index is 13.0. The van der Waals surface area contributed by atoms with Crippen molar-refractivity contribution in [3.8, 4) is 0 Å². The second-order valence-corrected chi connectivity index (χ2v) is 9.18. The van der Waals surface area contributed by atoms with E-state index in [9.17, 15) is 19.7 Å². The van der Waals surface area contributed by atoms with Gasteiger partial charge in [0.05, 0.1) is 10.6 Å². The number of hydrogen-bond acceptors (Lipinski definition) is 5. The van der Waals surface area contributed by atoms with Crippen LogP contribution in [-0.4, -0.2) is 16.8 Å². The lowest BCUT2D eigenvalue weighted by atomic mass is 9.86. The number of non-ortho nitro benzene ring substituents is 1. The van der Waals surface area contributed by atoms with Crippen LogP contribution in [0.25, 0.3) is 0 Å². The van der Waals surface area contributed by atoms with E-state index in [0.717, 1.165) is 12.3 Å². The van der Waals surface area contributed by atoms with Gasteiger partial charge in [-0.05, 0) is 59.0 Å². The summed E-state index contributed by atoms with van der Waals surface area (Å²) in [4.78, 5) is 36.2. The Balaban J connectivity index is 1.48. The number of esters is 1. The number of halogens is 1. The average molecular weight is 487 g/mol. The molecule has 4 atom stereocenters. The van der Waals surface area contributed by atoms with Gasteiger partial charge in [-0.25, -0.2) is 0 Å². The minimum absolute atomic E-state index is 0.0956. The Morgan fingerprint density at radius 1 is 1.16 bits per heavy atom. The van der Waals surface area contributed by atoms with Crippen molar-refractivity contribution in [2.75, 3.05) is 5.32 Å². The fourth-order valence-corrected chi connectivity index (χ4v) is 5.30. The number of amides is 1. The normalized spacial score (nSPS) is 22.7. The van der Waals surface area contributed by atoms with Gasteiger partial charge < -0.3 is 10.1 Å². The topological polar surface area (TPSA) is 98.5 Å². The predicted molar refractivity (Wildman–Crippen MR) is 118 cm³/mol. The Labute approximate surface area is 188 Å². The molecule has 0 aromatic heterocycles. The highest BCUT2D eigenvalue weighted by atomic mass is 79.9. The van der Waals surface area contributed by atoms with E-state index >= 15 is 0 Å². The number of ether oxygens (including phenoxy) is 1. The van der Waals surface area contributed by atoms with E-state index in [2.05, 4.69) is 21.2 Å². The molecule has 31 heavy (non-hydrogen) atoms. The van der Waals surface area contributed by atoms with Crippen molar-refractivity contribution < 1.29 is 19.2 Å². The number of carbonyl (C=O) groups is 2. The summed E-state index contributed by atoms with van der Waals surface area (Å²) >= 11 is 3.25. The first-order valence-electron chi connectivity index (χ1n) is 10.4. The third-order valence-electron chi connectivity index (χ3n) is 6.32. The van der Waals surface area contributed by atoms with E-state index in [1.807, 2.05) is 6.07 Å². The zero-order chi connectivity index (χ0) is 22.0. The third-order valence-corrected chi connectivity index (χ3v) is 6.98. The maximum Gasteiger partial charge on any atom is 0.307 e. The highest BCUT2D eigenvalue weighted by Gasteiger charge is 2.41. The van der Waals surface area contributed by atoms with Crippen LogP contribution in [0.3, 0.4) is 0 Å². The van der Waals surface area contributed by atoms with Crippen LogP contribution in [-0.2, 0) is 14.3 Å². The summed E-state index contributed by atoms with van der Waals surface area (Å²) in [6.45, 7) is 0. The number of carbonyl (C=O) groups excluding carboxylic acids is 2. The van der Waals surface area contributed by atoms with Crippen molar-refractivity contribution in [3.05, 3.63) is 68.7 Å². The van der Waals surface area contributed by atoms with Gasteiger partial charge in [-0.2, -0.15) is 0 Å². The van der Waals surface area contributed by atoms with E-state index in [-0.39, 0.29) is 11.7 Å². The molecule has 2 bridgehead atoms. The molecule has 1 amide bonds. The minimum atomic E-state index is -1.10. The van der Waals surface area contributed by atoms with Crippen LogP contribution in [0.4, 0.5) is 11.4 Å². The van der Waals surface area contributed by atoms with Gasteiger partial charge >= 0.3 is 5.97 Å². The number of nitrogens with zero attached hydrogens (tertiary/aromatic N) is 1. The molecule has 4 unspecified atom stereocenters. The lowest BCUT2D eigenvalue weighted by molar-refractivity contribution is -0.384. The molecule has 1 N–H and O–H groups in total. The van der Waals surface area contributed by atoms with E-state index in [1.54, 1.807) is 24.3 Å². The number of nitro groups is 1. The Bertz CT molecular complexity index is 997. The molecular formula is C23H23BrN2O5. The van der Waals surface area contributed by atoms with Crippen LogP contribution in [0.15, 0.2) is 53.0 Å². The van der Waals surface area contributed by atoms with Crippen LogP contribution in [0.5, 0.6) is 0 Å². The smallest absolute Gasteiger partial charge is 0.307 e. The zero-order valence-corrected chi connectivity index (χ0v) is 18.4. The van der Waals surface area contributed by atoms with E-state index < -0.39 is 16.9 Å². The second kappa shape index (κ2) is 9.18. The van der Waals surface area contributed by atoms with Crippen LogP contribution < -0.4 is 5.32 Å². The van der Waals surface area contributed by atoms with Crippen molar-refractivity contribution >= 4 is 39.2 Å². The average Bonchev–Trinajstić information content (AvgIpc) is 3.37. The highest BCUT2D eigenvalue weighted by molar-refractivity contribution is 9.10. The molecule has 2 aromatic rings. The molecule has 4 rings (SSSR count). The standard InChI is InChI=1S/C23H23BrN2O5/c24-19-13-18(26(29)30)8-9-20(19)25-23(28)22(15-4-2-1-3-5-15)31-21(27)12-17-11-14-6-7-16(17)10-14/h1-5,8-9,13-14,16-17,22H,6-7,10-12H2,(H,25,28). The van der Waals surface area contributed by atoms with Gasteiger partial charge in [0, 0.05) is 28.6 Å². The monoisotopic (exact) mass is 486 g/mol. The largest absolute Gasteiger partial charge is 0.447 e. The summed E-state index contributed by atoms with van der Waals surface area (Å²) in [6.07, 6.45) is 3.94. The number of nitrogens with one attached hydrogen (secondary N) is 1. The Morgan fingerprint density at radius 3 is 2.55 bits per heavy atom. The quantitative estimate of drug-likeness (QED) is 0.320. The summed E-state index contributed by atoms with van der Waals surface area (Å²) in [5, 5.41) is 13.6. The molecule has 0 saturated heterocycles.